The number of anilines is 1. The fraction of sp³-hybridized carbons (Fsp3) is 0.211. The molecule has 0 radical (unpaired) electrons. The van der Waals surface area contributed by atoms with Crippen molar-refractivity contribution in [3.05, 3.63) is 64.2 Å². The quantitative estimate of drug-likeness (QED) is 0.884. The molecule has 5 heteroatoms. The Morgan fingerprint density at radius 2 is 1.54 bits per heavy atom. The number of carbonyl (C=O) groups is 3. The lowest BCUT2D eigenvalue weighted by atomic mass is 10.1. The van der Waals surface area contributed by atoms with Crippen LogP contribution in [0.5, 0.6) is 0 Å². The van der Waals surface area contributed by atoms with Crippen molar-refractivity contribution in [2.45, 2.75) is 20.8 Å². The number of aryl methyl sites for hydroxylation is 3. The summed E-state index contributed by atoms with van der Waals surface area (Å²) in [5, 5.41) is 2.76. The molecule has 1 aliphatic heterocycles. The molecule has 0 aromatic heterocycles. The Labute approximate surface area is 140 Å². The Balaban J connectivity index is 1.76. The van der Waals surface area contributed by atoms with E-state index in [0.717, 1.165) is 21.6 Å². The van der Waals surface area contributed by atoms with Crippen molar-refractivity contribution in [2.24, 2.45) is 0 Å². The zero-order valence-corrected chi connectivity index (χ0v) is 13.8. The minimum absolute atomic E-state index is 0.293. The van der Waals surface area contributed by atoms with Gasteiger partial charge in [-0.2, -0.15) is 0 Å². The standard InChI is InChI=1S/C19H18N2O3/c1-11-5-7-16(13(3)8-11)20-17(22)10-21-18(23)14-6-4-12(2)9-15(14)19(21)24/h4-9H,10H2,1-3H3,(H,20,22). The molecule has 2 aromatic carbocycles. The second-order valence-corrected chi connectivity index (χ2v) is 6.11. The van der Waals surface area contributed by atoms with E-state index < -0.39 is 17.7 Å². The number of hydrogen-bond donors (Lipinski definition) is 1. The Kier molecular flexibility index (Phi) is 3.93. The summed E-state index contributed by atoms with van der Waals surface area (Å²) in [5.74, 6) is -1.24. The third-order valence-corrected chi connectivity index (χ3v) is 4.08. The van der Waals surface area contributed by atoms with Crippen molar-refractivity contribution < 1.29 is 14.4 Å². The topological polar surface area (TPSA) is 66.5 Å². The fourth-order valence-corrected chi connectivity index (χ4v) is 2.84. The van der Waals surface area contributed by atoms with Gasteiger partial charge in [0.25, 0.3) is 11.8 Å². The van der Waals surface area contributed by atoms with E-state index >= 15 is 0 Å². The van der Waals surface area contributed by atoms with Crippen molar-refractivity contribution >= 4 is 23.4 Å². The van der Waals surface area contributed by atoms with Gasteiger partial charge in [0.2, 0.25) is 5.91 Å². The van der Waals surface area contributed by atoms with Gasteiger partial charge in [0, 0.05) is 5.69 Å². The number of nitrogens with zero attached hydrogens (tertiary/aromatic N) is 1. The summed E-state index contributed by atoms with van der Waals surface area (Å²) in [6.07, 6.45) is 0. The monoisotopic (exact) mass is 322 g/mol. The molecule has 1 heterocycles. The van der Waals surface area contributed by atoms with Crippen LogP contribution >= 0.6 is 0 Å². The van der Waals surface area contributed by atoms with Crippen LogP contribution in [0.1, 0.15) is 37.4 Å². The summed E-state index contributed by atoms with van der Waals surface area (Å²) < 4.78 is 0. The highest BCUT2D eigenvalue weighted by molar-refractivity contribution is 6.22. The Bertz CT molecular complexity index is 871. The third kappa shape index (κ3) is 2.80. The van der Waals surface area contributed by atoms with Gasteiger partial charge in [-0.05, 0) is 44.5 Å². The maximum absolute atomic E-state index is 12.4. The van der Waals surface area contributed by atoms with Crippen LogP contribution in [0.25, 0.3) is 0 Å². The first-order valence-corrected chi connectivity index (χ1v) is 7.71. The van der Waals surface area contributed by atoms with Crippen LogP contribution < -0.4 is 5.32 Å². The van der Waals surface area contributed by atoms with E-state index in [-0.39, 0.29) is 6.54 Å². The minimum Gasteiger partial charge on any atom is -0.324 e. The summed E-state index contributed by atoms with van der Waals surface area (Å²) >= 11 is 0. The summed E-state index contributed by atoms with van der Waals surface area (Å²) in [6.45, 7) is 5.43. The molecule has 0 saturated heterocycles. The number of imide groups is 1. The number of fused-ring (bicyclic) bond motifs is 1. The van der Waals surface area contributed by atoms with E-state index in [0.29, 0.717) is 16.8 Å². The summed E-state index contributed by atoms with van der Waals surface area (Å²) in [6, 6.07) is 10.8. The molecule has 1 aliphatic rings. The molecule has 2 aromatic rings. The van der Waals surface area contributed by atoms with Gasteiger partial charge >= 0.3 is 0 Å². The van der Waals surface area contributed by atoms with Crippen molar-refractivity contribution in [1.82, 2.24) is 4.90 Å². The number of amides is 3. The van der Waals surface area contributed by atoms with E-state index in [9.17, 15) is 14.4 Å². The van der Waals surface area contributed by atoms with Crippen molar-refractivity contribution in [1.29, 1.82) is 0 Å². The SMILES string of the molecule is Cc1ccc(NC(=O)CN2C(=O)c3ccc(C)cc3C2=O)c(C)c1. The molecule has 0 unspecified atom stereocenters. The van der Waals surface area contributed by atoms with E-state index in [2.05, 4.69) is 5.32 Å². The van der Waals surface area contributed by atoms with Crippen LogP contribution in [0.2, 0.25) is 0 Å². The van der Waals surface area contributed by atoms with Gasteiger partial charge in [0.05, 0.1) is 11.1 Å². The predicted octanol–water partition coefficient (Wildman–Crippen LogP) is 2.85. The highest BCUT2D eigenvalue weighted by Crippen LogP contribution is 2.24. The molecular formula is C19H18N2O3. The van der Waals surface area contributed by atoms with E-state index in [4.69, 9.17) is 0 Å². The number of nitrogens with one attached hydrogen (secondary N) is 1. The molecule has 5 nitrogen and oxygen atoms in total. The summed E-state index contributed by atoms with van der Waals surface area (Å²) in [7, 11) is 0. The Morgan fingerprint density at radius 1 is 0.917 bits per heavy atom. The molecule has 24 heavy (non-hydrogen) atoms. The molecule has 0 spiro atoms. The van der Waals surface area contributed by atoms with Crippen LogP contribution in [0, 0.1) is 20.8 Å². The minimum atomic E-state index is -0.425. The van der Waals surface area contributed by atoms with Gasteiger partial charge in [-0.3, -0.25) is 19.3 Å². The van der Waals surface area contributed by atoms with Gasteiger partial charge < -0.3 is 5.32 Å². The smallest absolute Gasteiger partial charge is 0.262 e. The number of rotatable bonds is 3. The summed E-state index contributed by atoms with van der Waals surface area (Å²) in [4.78, 5) is 38.0. The molecule has 3 rings (SSSR count). The molecule has 3 amide bonds. The molecular weight excluding hydrogens is 304 g/mol. The second-order valence-electron chi connectivity index (χ2n) is 6.11. The fourth-order valence-electron chi connectivity index (χ4n) is 2.84. The van der Waals surface area contributed by atoms with Crippen LogP contribution in [-0.4, -0.2) is 29.2 Å². The normalized spacial score (nSPS) is 13.2. The van der Waals surface area contributed by atoms with Crippen molar-refractivity contribution in [3.63, 3.8) is 0 Å². The highest BCUT2D eigenvalue weighted by Gasteiger charge is 2.36. The lowest BCUT2D eigenvalue weighted by Crippen LogP contribution is -2.37. The molecule has 0 aliphatic carbocycles. The largest absolute Gasteiger partial charge is 0.324 e. The lowest BCUT2D eigenvalue weighted by molar-refractivity contribution is -0.116. The molecule has 122 valence electrons. The van der Waals surface area contributed by atoms with Crippen molar-refractivity contribution in [3.8, 4) is 0 Å². The lowest BCUT2D eigenvalue weighted by Gasteiger charge is -2.14. The average Bonchev–Trinajstić information content (AvgIpc) is 2.75. The van der Waals surface area contributed by atoms with Gasteiger partial charge in [-0.15, -0.1) is 0 Å². The molecule has 1 N–H and O–H groups in total. The molecule has 0 fully saturated rings. The van der Waals surface area contributed by atoms with E-state index in [1.54, 1.807) is 18.2 Å². The van der Waals surface area contributed by atoms with Gasteiger partial charge in [0.1, 0.15) is 6.54 Å². The molecule has 0 saturated carbocycles. The molecule has 0 atom stereocenters. The number of benzene rings is 2. The number of carbonyl (C=O) groups excluding carboxylic acids is 3. The van der Waals surface area contributed by atoms with E-state index in [1.165, 1.54) is 0 Å². The van der Waals surface area contributed by atoms with Crippen LogP contribution in [0.3, 0.4) is 0 Å². The zero-order chi connectivity index (χ0) is 17.4. The van der Waals surface area contributed by atoms with Crippen molar-refractivity contribution in [2.75, 3.05) is 11.9 Å². The Morgan fingerprint density at radius 3 is 2.25 bits per heavy atom. The zero-order valence-electron chi connectivity index (χ0n) is 13.8. The van der Waals surface area contributed by atoms with E-state index in [1.807, 2.05) is 39.0 Å². The molecule has 0 bridgehead atoms. The first kappa shape index (κ1) is 15.9. The van der Waals surface area contributed by atoms with Crippen LogP contribution in [0.4, 0.5) is 5.69 Å². The van der Waals surface area contributed by atoms with Crippen LogP contribution in [-0.2, 0) is 4.79 Å². The van der Waals surface area contributed by atoms with Gasteiger partial charge in [-0.1, -0.05) is 29.3 Å². The highest BCUT2D eigenvalue weighted by atomic mass is 16.2. The van der Waals surface area contributed by atoms with Gasteiger partial charge in [0.15, 0.2) is 0 Å². The Hall–Kier alpha value is -2.95. The maximum atomic E-state index is 12.4. The second kappa shape index (κ2) is 5.92. The predicted molar refractivity (Wildman–Crippen MR) is 91.1 cm³/mol. The average molecular weight is 322 g/mol. The summed E-state index contributed by atoms with van der Waals surface area (Å²) in [5.41, 5.74) is 4.32. The first-order valence-electron chi connectivity index (χ1n) is 7.71. The number of hydrogen-bond acceptors (Lipinski definition) is 3. The van der Waals surface area contributed by atoms with Crippen LogP contribution in [0.15, 0.2) is 36.4 Å². The van der Waals surface area contributed by atoms with Gasteiger partial charge in [-0.25, -0.2) is 0 Å². The first-order chi connectivity index (χ1) is 11.4. The third-order valence-electron chi connectivity index (χ3n) is 4.08. The maximum Gasteiger partial charge on any atom is 0.262 e.